The molecular weight excluding hydrogens is 682 g/mol. The summed E-state index contributed by atoms with van der Waals surface area (Å²) in [5.74, 6) is 0. The van der Waals surface area contributed by atoms with Gasteiger partial charge in [0.2, 0.25) is 0 Å². The molecule has 2 aromatic carbocycles. The van der Waals surface area contributed by atoms with E-state index < -0.39 is 0 Å². The van der Waals surface area contributed by atoms with E-state index in [0.717, 1.165) is 8.95 Å². The zero-order chi connectivity index (χ0) is 18.1. The second-order valence-electron chi connectivity index (χ2n) is 6.62. The van der Waals surface area contributed by atoms with Gasteiger partial charge in [-0.3, -0.25) is 0 Å². The summed E-state index contributed by atoms with van der Waals surface area (Å²) in [5.41, 5.74) is 8.04. The van der Waals surface area contributed by atoms with E-state index >= 15 is 0 Å². The Morgan fingerprint density at radius 3 is 1.60 bits per heavy atom. The van der Waals surface area contributed by atoms with E-state index in [1.165, 1.54) is 43.2 Å². The molecule has 148 valence electrons. The smallest absolute Gasteiger partial charge is 1.00 e. The molecule has 2 aliphatic heterocycles. The normalized spacial score (nSPS) is 20.9. The first-order chi connectivity index (χ1) is 13.2. The molecule has 0 saturated heterocycles. The number of fused-ring (bicyclic) bond motifs is 6. The Labute approximate surface area is 237 Å². The molecular formula is C22H10Br2Cl2S3Zr. The monoisotopic (exact) mass is 688 g/mol. The van der Waals surface area contributed by atoms with Gasteiger partial charge < -0.3 is 24.8 Å². The van der Waals surface area contributed by atoms with E-state index in [1.807, 2.05) is 35.3 Å². The van der Waals surface area contributed by atoms with Crippen molar-refractivity contribution >= 4 is 79.3 Å². The number of halogens is 4. The summed E-state index contributed by atoms with van der Waals surface area (Å²) in [6.45, 7) is 0. The van der Waals surface area contributed by atoms with Crippen molar-refractivity contribution in [2.45, 2.75) is 20.3 Å². The summed E-state index contributed by atoms with van der Waals surface area (Å²) in [7, 11) is 0. The van der Waals surface area contributed by atoms with E-state index in [0.29, 0.717) is 10.5 Å². The van der Waals surface area contributed by atoms with Crippen molar-refractivity contribution in [3.8, 4) is 0 Å². The van der Waals surface area contributed by atoms with E-state index in [9.17, 15) is 0 Å². The minimum Gasteiger partial charge on any atom is -1.00 e. The van der Waals surface area contributed by atoms with Gasteiger partial charge >= 0.3 is 26.2 Å². The van der Waals surface area contributed by atoms with Gasteiger partial charge in [0.15, 0.2) is 0 Å². The first-order valence-corrected chi connectivity index (χ1v) is 12.7. The van der Waals surface area contributed by atoms with Crippen LogP contribution in [0.15, 0.2) is 65.0 Å². The summed E-state index contributed by atoms with van der Waals surface area (Å²) < 4.78 is 2.29. The zero-order valence-electron chi connectivity index (χ0n) is 15.0. The Morgan fingerprint density at radius 1 is 0.733 bits per heavy atom. The first kappa shape index (κ1) is 25.5. The van der Waals surface area contributed by atoms with Crippen molar-refractivity contribution in [1.29, 1.82) is 0 Å². The van der Waals surface area contributed by atoms with Crippen LogP contribution in [0.3, 0.4) is 0 Å². The van der Waals surface area contributed by atoms with E-state index in [4.69, 9.17) is 0 Å². The maximum atomic E-state index is 3.80. The molecule has 2 heterocycles. The number of hydrogen-bond acceptors (Lipinski definition) is 3. The number of thioether (sulfide) groups is 2. The molecule has 0 nitrogen and oxygen atoms in total. The molecule has 6 rings (SSSR count). The summed E-state index contributed by atoms with van der Waals surface area (Å²) in [6.07, 6.45) is 11.4. The van der Waals surface area contributed by atoms with Crippen LogP contribution < -0.4 is 24.8 Å². The largest absolute Gasteiger partial charge is 4.00 e. The van der Waals surface area contributed by atoms with Crippen molar-refractivity contribution in [3.63, 3.8) is 0 Å². The Morgan fingerprint density at radius 2 is 1.17 bits per heavy atom. The Hall–Kier alpha value is 0.873. The van der Waals surface area contributed by atoms with E-state index in [1.54, 1.807) is 0 Å². The summed E-state index contributed by atoms with van der Waals surface area (Å²) in [5, 5.41) is 4.99. The van der Waals surface area contributed by atoms with Crippen LogP contribution in [-0.4, -0.2) is 0 Å². The molecule has 2 unspecified atom stereocenters. The molecule has 0 amide bonds. The molecule has 2 aromatic rings. The van der Waals surface area contributed by atoms with Crippen LogP contribution in [0.25, 0.3) is 12.2 Å². The minimum atomic E-state index is 0. The molecule has 2 atom stereocenters. The average Bonchev–Trinajstić information content (AvgIpc) is 3.39. The zero-order valence-corrected chi connectivity index (χ0v) is 24.6. The van der Waals surface area contributed by atoms with Gasteiger partial charge in [-0.25, -0.2) is 23.3 Å². The summed E-state index contributed by atoms with van der Waals surface area (Å²) >= 11 is 13.2. The SMILES string of the molecule is Brc1ccc2c(c1Sc1c(Br)ccc3c1C=C1[C-]=CSC13)C=C1[C-]=CSC12.[Cl-].[Cl-].[Zr+4]. The molecule has 0 spiro atoms. The molecule has 0 N–H and O–H groups in total. The third kappa shape index (κ3) is 4.00. The number of allylic oxidation sites excluding steroid dienone is 2. The third-order valence-electron chi connectivity index (χ3n) is 5.16. The van der Waals surface area contributed by atoms with E-state index in [-0.39, 0.29) is 51.0 Å². The van der Waals surface area contributed by atoms with Gasteiger partial charge in [0.1, 0.15) is 0 Å². The van der Waals surface area contributed by atoms with Gasteiger partial charge in [0.25, 0.3) is 0 Å². The molecule has 8 heteroatoms. The van der Waals surface area contributed by atoms with Crippen LogP contribution in [0, 0.1) is 12.2 Å². The van der Waals surface area contributed by atoms with Crippen molar-refractivity contribution in [3.05, 3.63) is 89.6 Å². The van der Waals surface area contributed by atoms with Crippen LogP contribution in [-0.2, 0) is 26.2 Å². The maximum Gasteiger partial charge on any atom is 4.00 e. The molecule has 0 aromatic heterocycles. The Kier molecular flexibility index (Phi) is 8.51. The van der Waals surface area contributed by atoms with Gasteiger partial charge in [-0.05, 0) is 55.1 Å². The van der Waals surface area contributed by atoms with Gasteiger partial charge in [-0.15, -0.1) is 34.3 Å². The molecule has 2 aliphatic carbocycles. The van der Waals surface area contributed by atoms with Crippen LogP contribution in [0.4, 0.5) is 0 Å². The maximum absolute atomic E-state index is 3.80. The van der Waals surface area contributed by atoms with Gasteiger partial charge in [0.05, 0.1) is 0 Å². The van der Waals surface area contributed by atoms with Crippen LogP contribution in [0.5, 0.6) is 0 Å². The van der Waals surface area contributed by atoms with Crippen LogP contribution >= 0.6 is 67.1 Å². The van der Waals surface area contributed by atoms with Gasteiger partial charge in [0, 0.05) is 29.2 Å². The van der Waals surface area contributed by atoms with Crippen molar-refractivity contribution in [1.82, 2.24) is 0 Å². The Balaban J connectivity index is 0.000000853. The molecule has 0 fully saturated rings. The van der Waals surface area contributed by atoms with Crippen LogP contribution in [0.2, 0.25) is 0 Å². The average molecular weight is 692 g/mol. The van der Waals surface area contributed by atoms with Crippen molar-refractivity contribution < 1.29 is 51.0 Å². The number of benzene rings is 2. The third-order valence-corrected chi connectivity index (χ3v) is 10.4. The first-order valence-electron chi connectivity index (χ1n) is 8.44. The second-order valence-corrected chi connectivity index (χ2v) is 11.3. The fourth-order valence-corrected chi connectivity index (χ4v) is 8.14. The molecule has 30 heavy (non-hydrogen) atoms. The van der Waals surface area contributed by atoms with E-state index in [2.05, 4.69) is 91.2 Å². The second kappa shape index (κ2) is 10.0. The fraction of sp³-hybridized carbons (Fsp3) is 0.0909. The van der Waals surface area contributed by atoms with Gasteiger partial charge in [-0.1, -0.05) is 35.0 Å². The molecule has 0 saturated carbocycles. The molecule has 0 radical (unpaired) electrons. The molecule has 0 bridgehead atoms. The quantitative estimate of drug-likeness (QED) is 0.445. The fourth-order valence-electron chi connectivity index (χ4n) is 3.91. The Bertz CT molecular complexity index is 1070. The summed E-state index contributed by atoms with van der Waals surface area (Å²) in [6, 6.07) is 8.87. The summed E-state index contributed by atoms with van der Waals surface area (Å²) in [4.78, 5) is 2.57. The van der Waals surface area contributed by atoms with Crippen molar-refractivity contribution in [2.75, 3.05) is 0 Å². The predicted molar refractivity (Wildman–Crippen MR) is 125 cm³/mol. The predicted octanol–water partition coefficient (Wildman–Crippen LogP) is 2.37. The van der Waals surface area contributed by atoms with Crippen LogP contribution in [0.1, 0.15) is 32.8 Å². The van der Waals surface area contributed by atoms with Gasteiger partial charge in [-0.2, -0.15) is 12.2 Å². The molecule has 4 aliphatic rings. The standard InChI is InChI=1S/C22H10Br2S3.2ClH.Zr/c23-17-3-1-13-15(9-11-5-7-25-19(11)13)21(17)27-22-16-10-12-6-8-26-20(12)14(16)2-4-18(22)24;;;/h1-4,7-10,19-20H;2*1H;/q-2;;;+4/p-2. The topological polar surface area (TPSA) is 0 Å². The minimum absolute atomic E-state index is 0. The van der Waals surface area contributed by atoms with Crippen molar-refractivity contribution in [2.24, 2.45) is 0 Å². The number of hydrogen-bond donors (Lipinski definition) is 0. The number of rotatable bonds is 2.